The Morgan fingerprint density at radius 3 is 3.17 bits per heavy atom. The Morgan fingerprint density at radius 2 is 2.22 bits per heavy atom. The molecule has 2 aromatic rings. The summed E-state index contributed by atoms with van der Waals surface area (Å²) >= 11 is 0. The monoisotopic (exact) mass is 305 g/mol. The number of hydrogen-bond acceptors (Lipinski definition) is 4. The largest absolute Gasteiger partial charge is 0.388 e. The zero-order valence-corrected chi connectivity index (χ0v) is 12.8. The lowest BCUT2D eigenvalue weighted by Gasteiger charge is -2.14. The van der Waals surface area contributed by atoms with Crippen molar-refractivity contribution in [3.05, 3.63) is 66.2 Å². The molecule has 1 aliphatic carbocycles. The van der Waals surface area contributed by atoms with Gasteiger partial charge in [0.25, 0.3) is 0 Å². The first-order valence-electron chi connectivity index (χ1n) is 7.99. The fourth-order valence-corrected chi connectivity index (χ4v) is 3.15. The average molecular weight is 305 g/mol. The minimum absolute atomic E-state index is 0.829. The maximum Gasteiger partial charge on any atom is 0.171 e. The number of nitrogens with one attached hydrogen (secondary N) is 2. The molecule has 4 heteroatoms. The van der Waals surface area contributed by atoms with E-state index in [1.807, 2.05) is 30.3 Å². The van der Waals surface area contributed by atoms with E-state index >= 15 is 0 Å². The van der Waals surface area contributed by atoms with Crippen molar-refractivity contribution in [3.63, 3.8) is 0 Å². The molecule has 116 valence electrons. The number of allylic oxidation sites excluding steroid dienone is 4. The van der Waals surface area contributed by atoms with Gasteiger partial charge in [0.05, 0.1) is 5.52 Å². The van der Waals surface area contributed by atoms with E-state index in [9.17, 15) is 0 Å². The molecule has 5 rings (SSSR count). The van der Waals surface area contributed by atoms with E-state index in [1.165, 1.54) is 25.1 Å². The van der Waals surface area contributed by atoms with Crippen LogP contribution in [0.4, 0.5) is 0 Å². The predicted molar refractivity (Wildman–Crippen MR) is 92.5 cm³/mol. The highest BCUT2D eigenvalue weighted by molar-refractivity contribution is 5.89. The van der Waals surface area contributed by atoms with Gasteiger partial charge in [-0.05, 0) is 49.3 Å². The van der Waals surface area contributed by atoms with Gasteiger partial charge in [0.2, 0.25) is 0 Å². The third-order valence-corrected chi connectivity index (χ3v) is 4.35. The van der Waals surface area contributed by atoms with Crippen LogP contribution in [0.3, 0.4) is 0 Å². The number of fused-ring (bicyclic) bond motifs is 4. The van der Waals surface area contributed by atoms with Gasteiger partial charge in [-0.1, -0.05) is 12.2 Å². The molecule has 0 amide bonds. The Morgan fingerprint density at radius 1 is 1.22 bits per heavy atom. The van der Waals surface area contributed by atoms with Crippen LogP contribution in [0.5, 0.6) is 5.75 Å². The first-order chi connectivity index (χ1) is 11.4. The molecule has 1 unspecified atom stereocenters. The quantitative estimate of drug-likeness (QED) is 0.781. The van der Waals surface area contributed by atoms with Gasteiger partial charge >= 0.3 is 0 Å². The molecule has 1 aromatic heterocycles. The minimum Gasteiger partial charge on any atom is -0.388 e. The summed E-state index contributed by atoms with van der Waals surface area (Å²) in [6, 6.07) is 7.90. The van der Waals surface area contributed by atoms with E-state index in [0.29, 0.717) is 0 Å². The highest BCUT2D eigenvalue weighted by atomic mass is 16.6. The van der Waals surface area contributed by atoms with Crippen molar-refractivity contribution in [1.29, 1.82) is 0 Å². The zero-order chi connectivity index (χ0) is 15.5. The summed E-state index contributed by atoms with van der Waals surface area (Å²) in [5, 5.41) is 4.40. The fourth-order valence-electron chi connectivity index (χ4n) is 3.15. The topological polar surface area (TPSA) is 46.2 Å². The zero-order valence-electron chi connectivity index (χ0n) is 12.8. The van der Waals surface area contributed by atoms with E-state index < -0.39 is 0 Å². The molecule has 1 saturated heterocycles. The maximum absolute atomic E-state index is 5.36. The molecule has 2 aliphatic heterocycles. The number of aromatic nitrogens is 1. The van der Waals surface area contributed by atoms with Crippen LogP contribution in [0.15, 0.2) is 60.6 Å². The third kappa shape index (κ3) is 2.80. The minimum atomic E-state index is 0.829. The standard InChI is InChI=1S/C11H8N2O.C8H11N/c1-2-9-10(12-6-1)4-3-8-5-7-13-14-11(8)9;1-2-4-8-7(3-1)5-6-9-8/h1-7,13H;1-2,4,7,9H,3,5-6H2. The second-order valence-electron chi connectivity index (χ2n) is 5.81. The highest BCUT2D eigenvalue weighted by Crippen LogP contribution is 2.30. The third-order valence-electron chi connectivity index (χ3n) is 4.35. The van der Waals surface area contributed by atoms with E-state index in [-0.39, 0.29) is 0 Å². The van der Waals surface area contributed by atoms with Crippen LogP contribution in [0.1, 0.15) is 18.4 Å². The summed E-state index contributed by atoms with van der Waals surface area (Å²) in [6.07, 6.45) is 14.7. The summed E-state index contributed by atoms with van der Waals surface area (Å²) < 4.78 is 0. The summed E-state index contributed by atoms with van der Waals surface area (Å²) in [5.41, 5.74) is 6.20. The molecule has 0 saturated carbocycles. The van der Waals surface area contributed by atoms with Gasteiger partial charge in [0, 0.05) is 41.5 Å². The van der Waals surface area contributed by atoms with Crippen molar-refractivity contribution in [3.8, 4) is 5.75 Å². The van der Waals surface area contributed by atoms with Crippen LogP contribution in [0.2, 0.25) is 0 Å². The second kappa shape index (κ2) is 6.16. The van der Waals surface area contributed by atoms with E-state index in [4.69, 9.17) is 4.84 Å². The molecule has 3 heterocycles. The van der Waals surface area contributed by atoms with Gasteiger partial charge in [-0.25, -0.2) is 5.48 Å². The number of hydroxylamine groups is 1. The molecule has 3 aliphatic rings. The van der Waals surface area contributed by atoms with Gasteiger partial charge in [0.1, 0.15) is 0 Å². The Bertz CT molecular complexity index is 807. The Kier molecular flexibility index (Phi) is 3.72. The molecule has 0 spiro atoms. The van der Waals surface area contributed by atoms with Crippen molar-refractivity contribution >= 4 is 17.0 Å². The predicted octanol–water partition coefficient (Wildman–Crippen LogP) is 3.54. The van der Waals surface area contributed by atoms with Crippen molar-refractivity contribution in [2.24, 2.45) is 5.92 Å². The summed E-state index contributed by atoms with van der Waals surface area (Å²) in [5.74, 6) is 1.67. The molecule has 4 nitrogen and oxygen atoms in total. The fraction of sp³-hybridized carbons (Fsp3) is 0.211. The van der Waals surface area contributed by atoms with Crippen molar-refractivity contribution in [1.82, 2.24) is 15.8 Å². The van der Waals surface area contributed by atoms with Crippen molar-refractivity contribution in [2.45, 2.75) is 12.8 Å². The maximum atomic E-state index is 5.36. The summed E-state index contributed by atoms with van der Waals surface area (Å²) in [4.78, 5) is 9.62. The van der Waals surface area contributed by atoms with E-state index in [2.05, 4.69) is 34.0 Å². The molecule has 0 bridgehead atoms. The van der Waals surface area contributed by atoms with E-state index in [1.54, 1.807) is 12.4 Å². The van der Waals surface area contributed by atoms with Gasteiger partial charge in [-0.2, -0.15) is 0 Å². The first kappa shape index (κ1) is 13.9. The van der Waals surface area contributed by atoms with Gasteiger partial charge in [0.15, 0.2) is 5.75 Å². The summed E-state index contributed by atoms with van der Waals surface area (Å²) in [6.45, 7) is 1.18. The van der Waals surface area contributed by atoms with Crippen LogP contribution < -0.4 is 15.6 Å². The van der Waals surface area contributed by atoms with Crippen LogP contribution in [0, 0.1) is 5.92 Å². The van der Waals surface area contributed by atoms with Crippen LogP contribution in [-0.4, -0.2) is 11.5 Å². The van der Waals surface area contributed by atoms with Gasteiger partial charge in [-0.3, -0.25) is 4.98 Å². The van der Waals surface area contributed by atoms with Crippen LogP contribution >= 0.6 is 0 Å². The number of rotatable bonds is 0. The average Bonchev–Trinajstić information content (AvgIpc) is 3.11. The van der Waals surface area contributed by atoms with Crippen LogP contribution in [-0.2, 0) is 0 Å². The van der Waals surface area contributed by atoms with Crippen molar-refractivity contribution < 1.29 is 4.84 Å². The number of benzene rings is 1. The lowest BCUT2D eigenvalue weighted by Crippen LogP contribution is -2.14. The SMILES string of the molecule is C1=CCC2CCNC2=C1.C1=Cc2ccc3ncccc3c2ON1. The van der Waals surface area contributed by atoms with E-state index in [0.717, 1.165) is 28.1 Å². The molecule has 0 radical (unpaired) electrons. The van der Waals surface area contributed by atoms with Gasteiger partial charge < -0.3 is 10.2 Å². The molecule has 1 aromatic carbocycles. The summed E-state index contributed by atoms with van der Waals surface area (Å²) in [7, 11) is 0. The number of hydrogen-bond donors (Lipinski definition) is 2. The lowest BCUT2D eigenvalue weighted by atomic mass is 9.97. The number of pyridine rings is 1. The molecule has 1 fully saturated rings. The number of nitrogens with zero attached hydrogens (tertiary/aromatic N) is 1. The molecule has 23 heavy (non-hydrogen) atoms. The molecule has 2 N–H and O–H groups in total. The molecule has 1 atom stereocenters. The highest BCUT2D eigenvalue weighted by Gasteiger charge is 2.19. The first-order valence-corrected chi connectivity index (χ1v) is 7.99. The smallest absolute Gasteiger partial charge is 0.171 e. The molecular weight excluding hydrogens is 286 g/mol. The molecular formula is C19H19N3O. The van der Waals surface area contributed by atoms with Crippen LogP contribution in [0.25, 0.3) is 17.0 Å². The van der Waals surface area contributed by atoms with Crippen molar-refractivity contribution in [2.75, 3.05) is 6.54 Å². The second-order valence-corrected chi connectivity index (χ2v) is 5.81. The lowest BCUT2D eigenvalue weighted by molar-refractivity contribution is 0.242. The Balaban J connectivity index is 0.000000130. The van der Waals surface area contributed by atoms with Gasteiger partial charge in [-0.15, -0.1) is 0 Å². The Labute approximate surface area is 135 Å². The normalized spacial score (nSPS) is 20.2. The Hall–Kier alpha value is -2.75.